The van der Waals surface area contributed by atoms with Gasteiger partial charge in [0.05, 0.1) is 13.1 Å². The SMILES string of the molecule is Cc1c(CN2C(=O)CN(CCC(C)C)C(=O)C2C)n(Cc2ccc(C(=O)NO)cc2)c2ccccc12. The summed E-state index contributed by atoms with van der Waals surface area (Å²) in [5, 5.41) is 9.98. The largest absolute Gasteiger partial charge is 0.338 e. The molecule has 190 valence electrons. The third-order valence-corrected chi connectivity index (χ3v) is 7.10. The van der Waals surface area contributed by atoms with Crippen molar-refractivity contribution in [1.82, 2.24) is 19.8 Å². The van der Waals surface area contributed by atoms with Gasteiger partial charge in [0.1, 0.15) is 6.04 Å². The molecule has 2 N–H and O–H groups in total. The van der Waals surface area contributed by atoms with E-state index in [1.165, 1.54) is 0 Å². The summed E-state index contributed by atoms with van der Waals surface area (Å²) in [6.07, 6.45) is 0.873. The summed E-state index contributed by atoms with van der Waals surface area (Å²) in [5.74, 6) is -0.143. The van der Waals surface area contributed by atoms with Crippen LogP contribution in [0.15, 0.2) is 48.5 Å². The summed E-state index contributed by atoms with van der Waals surface area (Å²) >= 11 is 0. The lowest BCUT2D eigenvalue weighted by molar-refractivity contribution is -0.155. The van der Waals surface area contributed by atoms with Gasteiger partial charge in [0, 0.05) is 35.2 Å². The first-order chi connectivity index (χ1) is 17.2. The Morgan fingerprint density at radius 3 is 2.44 bits per heavy atom. The molecule has 3 amide bonds. The minimum atomic E-state index is -0.561. The number of nitrogens with zero attached hydrogens (tertiary/aromatic N) is 3. The topological polar surface area (TPSA) is 94.9 Å². The third-order valence-electron chi connectivity index (χ3n) is 7.10. The average Bonchev–Trinajstić information content (AvgIpc) is 3.13. The molecule has 0 radical (unpaired) electrons. The Kier molecular flexibility index (Phi) is 7.45. The van der Waals surface area contributed by atoms with Gasteiger partial charge in [-0.1, -0.05) is 44.2 Å². The first-order valence-electron chi connectivity index (χ1n) is 12.4. The number of aromatic nitrogens is 1. The van der Waals surface area contributed by atoms with Gasteiger partial charge in [-0.25, -0.2) is 5.48 Å². The van der Waals surface area contributed by atoms with Crippen molar-refractivity contribution < 1.29 is 19.6 Å². The smallest absolute Gasteiger partial charge is 0.274 e. The van der Waals surface area contributed by atoms with E-state index >= 15 is 0 Å². The van der Waals surface area contributed by atoms with Gasteiger partial charge in [-0.3, -0.25) is 19.6 Å². The maximum Gasteiger partial charge on any atom is 0.274 e. The second-order valence-corrected chi connectivity index (χ2v) is 9.95. The van der Waals surface area contributed by atoms with Crippen LogP contribution in [0.1, 0.15) is 54.4 Å². The van der Waals surface area contributed by atoms with E-state index < -0.39 is 11.9 Å². The molecule has 2 heterocycles. The number of fused-ring (bicyclic) bond motifs is 1. The van der Waals surface area contributed by atoms with Crippen LogP contribution >= 0.6 is 0 Å². The number of carbonyl (C=O) groups excluding carboxylic acids is 3. The number of hydrogen-bond donors (Lipinski definition) is 2. The molecule has 3 aromatic rings. The molecule has 36 heavy (non-hydrogen) atoms. The number of amides is 3. The molecule has 1 aliphatic rings. The zero-order valence-corrected chi connectivity index (χ0v) is 21.3. The molecule has 4 rings (SSSR count). The fraction of sp³-hybridized carbons (Fsp3) is 0.393. The highest BCUT2D eigenvalue weighted by molar-refractivity contribution is 5.95. The molecule has 0 saturated carbocycles. The predicted molar refractivity (Wildman–Crippen MR) is 138 cm³/mol. The van der Waals surface area contributed by atoms with Crippen LogP contribution in [0.4, 0.5) is 0 Å². The summed E-state index contributed by atoms with van der Waals surface area (Å²) < 4.78 is 2.18. The van der Waals surface area contributed by atoms with Crippen LogP contribution < -0.4 is 5.48 Å². The Labute approximate surface area is 211 Å². The van der Waals surface area contributed by atoms with E-state index in [9.17, 15) is 14.4 Å². The van der Waals surface area contributed by atoms with Gasteiger partial charge < -0.3 is 14.4 Å². The Bertz CT molecular complexity index is 1280. The molecule has 2 aromatic carbocycles. The minimum Gasteiger partial charge on any atom is -0.338 e. The number of benzene rings is 2. The number of rotatable bonds is 8. The molecular weight excluding hydrogens is 456 g/mol. The number of aryl methyl sites for hydroxylation is 1. The molecule has 0 spiro atoms. The van der Waals surface area contributed by atoms with Crippen LogP contribution in [0.25, 0.3) is 10.9 Å². The average molecular weight is 491 g/mol. The molecule has 1 aliphatic heterocycles. The molecule has 8 heteroatoms. The maximum atomic E-state index is 13.2. The fourth-order valence-electron chi connectivity index (χ4n) is 4.86. The van der Waals surface area contributed by atoms with Crippen molar-refractivity contribution in [2.45, 2.75) is 53.2 Å². The first kappa shape index (κ1) is 25.4. The second-order valence-electron chi connectivity index (χ2n) is 9.95. The number of carbonyl (C=O) groups is 3. The van der Waals surface area contributed by atoms with E-state index in [2.05, 4.69) is 37.5 Å². The Hall–Kier alpha value is -3.65. The highest BCUT2D eigenvalue weighted by Crippen LogP contribution is 2.29. The van der Waals surface area contributed by atoms with Crippen LogP contribution in [-0.4, -0.2) is 56.4 Å². The van der Waals surface area contributed by atoms with E-state index in [0.717, 1.165) is 34.1 Å². The van der Waals surface area contributed by atoms with Crippen LogP contribution in [0.3, 0.4) is 0 Å². The van der Waals surface area contributed by atoms with Gasteiger partial charge in [-0.2, -0.15) is 0 Å². The standard InChI is InChI=1S/C28H34N4O4/c1-18(2)13-14-30-17-26(33)31(20(4)28(30)35)16-25-19(3)23-7-5-6-8-24(23)32(25)15-21-9-11-22(12-10-21)27(34)29-36/h5-12,18,20,36H,13-17H2,1-4H3,(H,29,34). The van der Waals surface area contributed by atoms with Gasteiger partial charge in [-0.15, -0.1) is 0 Å². The van der Waals surface area contributed by atoms with Crippen molar-refractivity contribution in [1.29, 1.82) is 0 Å². The van der Waals surface area contributed by atoms with E-state index in [1.807, 2.05) is 31.2 Å². The summed E-state index contributed by atoms with van der Waals surface area (Å²) in [7, 11) is 0. The number of para-hydroxylation sites is 1. The third kappa shape index (κ3) is 4.99. The molecule has 1 atom stereocenters. The number of hydrogen-bond acceptors (Lipinski definition) is 4. The fourth-order valence-corrected chi connectivity index (χ4v) is 4.86. The van der Waals surface area contributed by atoms with Gasteiger partial charge >= 0.3 is 0 Å². The molecule has 8 nitrogen and oxygen atoms in total. The van der Waals surface area contributed by atoms with E-state index in [-0.39, 0.29) is 18.4 Å². The van der Waals surface area contributed by atoms with Crippen LogP contribution in [0.5, 0.6) is 0 Å². The van der Waals surface area contributed by atoms with Crippen molar-refractivity contribution in [2.75, 3.05) is 13.1 Å². The number of piperazine rings is 1. The second kappa shape index (κ2) is 10.5. The van der Waals surface area contributed by atoms with Crippen LogP contribution in [-0.2, 0) is 22.7 Å². The van der Waals surface area contributed by atoms with Gasteiger partial charge in [-0.05, 0) is 55.5 Å². The highest BCUT2D eigenvalue weighted by Gasteiger charge is 2.37. The highest BCUT2D eigenvalue weighted by atomic mass is 16.5. The van der Waals surface area contributed by atoms with E-state index in [1.54, 1.807) is 27.4 Å². The lowest BCUT2D eigenvalue weighted by atomic mass is 10.1. The Morgan fingerprint density at radius 2 is 1.78 bits per heavy atom. The zero-order chi connectivity index (χ0) is 26.0. The summed E-state index contributed by atoms with van der Waals surface area (Å²) in [4.78, 5) is 41.4. The van der Waals surface area contributed by atoms with Crippen LogP contribution in [0, 0.1) is 12.8 Å². The molecular formula is C28H34N4O4. The quantitative estimate of drug-likeness (QED) is 0.372. The number of hydroxylamine groups is 1. The van der Waals surface area contributed by atoms with E-state index in [4.69, 9.17) is 5.21 Å². The van der Waals surface area contributed by atoms with Crippen molar-refractivity contribution in [3.8, 4) is 0 Å². The molecule has 1 aromatic heterocycles. The Morgan fingerprint density at radius 1 is 1.08 bits per heavy atom. The summed E-state index contributed by atoms with van der Waals surface area (Å²) in [5.41, 5.74) is 6.09. The van der Waals surface area contributed by atoms with Gasteiger partial charge in [0.2, 0.25) is 11.8 Å². The van der Waals surface area contributed by atoms with Gasteiger partial charge in [0.15, 0.2) is 0 Å². The lowest BCUT2D eigenvalue weighted by Crippen LogP contribution is -2.58. The molecule has 1 saturated heterocycles. The van der Waals surface area contributed by atoms with Gasteiger partial charge in [0.25, 0.3) is 5.91 Å². The monoisotopic (exact) mass is 490 g/mol. The van der Waals surface area contributed by atoms with Crippen molar-refractivity contribution >= 4 is 28.6 Å². The molecule has 1 unspecified atom stereocenters. The minimum absolute atomic E-state index is 0.00619. The maximum absolute atomic E-state index is 13.2. The van der Waals surface area contributed by atoms with Crippen molar-refractivity contribution in [3.05, 3.63) is 70.9 Å². The van der Waals surface area contributed by atoms with Crippen molar-refractivity contribution in [3.63, 3.8) is 0 Å². The van der Waals surface area contributed by atoms with Crippen molar-refractivity contribution in [2.24, 2.45) is 5.92 Å². The van der Waals surface area contributed by atoms with E-state index in [0.29, 0.717) is 31.1 Å². The molecule has 0 bridgehead atoms. The van der Waals surface area contributed by atoms with Crippen LogP contribution in [0.2, 0.25) is 0 Å². The summed E-state index contributed by atoms with van der Waals surface area (Å²) in [6.45, 7) is 9.69. The predicted octanol–water partition coefficient (Wildman–Crippen LogP) is 3.72. The summed E-state index contributed by atoms with van der Waals surface area (Å²) in [6, 6.07) is 14.6. The number of nitrogens with one attached hydrogen (secondary N) is 1. The normalized spacial score (nSPS) is 16.3. The molecule has 1 fully saturated rings. The zero-order valence-electron chi connectivity index (χ0n) is 21.3. The molecule has 0 aliphatic carbocycles. The first-order valence-corrected chi connectivity index (χ1v) is 12.4. The Balaban J connectivity index is 1.64. The lowest BCUT2D eigenvalue weighted by Gasteiger charge is -2.39.